The molecule has 0 fully saturated rings. The number of benzene rings is 2. The van der Waals surface area contributed by atoms with Gasteiger partial charge < -0.3 is 19.2 Å². The third kappa shape index (κ3) is 4.91. The molecule has 0 unspecified atom stereocenters. The summed E-state index contributed by atoms with van der Waals surface area (Å²) in [5.41, 5.74) is 1.15. The van der Waals surface area contributed by atoms with E-state index in [-0.39, 0.29) is 19.0 Å². The molecule has 0 aliphatic carbocycles. The number of amides is 1. The molecular weight excluding hydrogens is 350 g/mol. The van der Waals surface area contributed by atoms with Gasteiger partial charge in [-0.05, 0) is 30.3 Å². The molecule has 3 rings (SSSR count). The lowest BCUT2D eigenvalue weighted by Gasteiger charge is -2.06. The molecule has 27 heavy (non-hydrogen) atoms. The van der Waals surface area contributed by atoms with Crippen LogP contribution < -0.4 is 10.1 Å². The fourth-order valence-corrected chi connectivity index (χ4v) is 2.22. The molecule has 0 atom stereocenters. The van der Waals surface area contributed by atoms with Gasteiger partial charge in [0, 0.05) is 11.1 Å². The fraction of sp³-hybridized carbons (Fsp3) is 0.158. The van der Waals surface area contributed by atoms with Crippen molar-refractivity contribution in [3.8, 4) is 17.2 Å². The van der Waals surface area contributed by atoms with Crippen LogP contribution in [-0.4, -0.2) is 35.7 Å². The van der Waals surface area contributed by atoms with Gasteiger partial charge in [0.05, 0.1) is 7.11 Å². The number of hydrogen-bond acceptors (Lipinski definition) is 7. The number of esters is 1. The fourth-order valence-electron chi connectivity index (χ4n) is 2.22. The zero-order valence-corrected chi connectivity index (χ0v) is 14.5. The molecule has 0 spiro atoms. The Morgan fingerprint density at radius 1 is 1.07 bits per heavy atom. The van der Waals surface area contributed by atoms with Crippen molar-refractivity contribution in [2.45, 2.75) is 6.61 Å². The smallest absolute Gasteiger partial charge is 0.325 e. The third-order valence-corrected chi connectivity index (χ3v) is 3.57. The highest BCUT2D eigenvalue weighted by Gasteiger charge is 2.12. The minimum Gasteiger partial charge on any atom is -0.497 e. The van der Waals surface area contributed by atoms with Gasteiger partial charge in [0.25, 0.3) is 11.8 Å². The van der Waals surface area contributed by atoms with Gasteiger partial charge in [0.2, 0.25) is 5.89 Å². The highest BCUT2D eigenvalue weighted by molar-refractivity contribution is 5.96. The summed E-state index contributed by atoms with van der Waals surface area (Å²) < 4.78 is 15.5. The summed E-state index contributed by atoms with van der Waals surface area (Å²) in [7, 11) is 1.51. The number of nitrogens with zero attached hydrogens (tertiary/aromatic N) is 2. The normalized spacial score (nSPS) is 10.3. The van der Waals surface area contributed by atoms with Gasteiger partial charge in [-0.25, -0.2) is 0 Å². The minimum atomic E-state index is -0.620. The SMILES string of the molecule is COc1cccc(C(=O)NCC(=O)OCc2nnc(-c3ccccc3)o2)c1. The predicted octanol–water partition coefficient (Wildman–Crippen LogP) is 2.22. The van der Waals surface area contributed by atoms with Crippen LogP contribution in [0.25, 0.3) is 11.5 Å². The molecule has 0 radical (unpaired) electrons. The Balaban J connectivity index is 1.47. The Labute approximate surface area is 155 Å². The maximum Gasteiger partial charge on any atom is 0.325 e. The van der Waals surface area contributed by atoms with Crippen LogP contribution in [0.4, 0.5) is 0 Å². The van der Waals surface area contributed by atoms with E-state index in [0.717, 1.165) is 5.56 Å². The molecule has 0 aliphatic rings. The Kier molecular flexibility index (Phi) is 5.78. The molecule has 2 aromatic carbocycles. The van der Waals surface area contributed by atoms with Gasteiger partial charge in [0.1, 0.15) is 12.3 Å². The van der Waals surface area contributed by atoms with Crippen LogP contribution >= 0.6 is 0 Å². The second kappa shape index (κ2) is 8.61. The molecule has 0 saturated carbocycles. The van der Waals surface area contributed by atoms with Gasteiger partial charge in [-0.2, -0.15) is 0 Å². The van der Waals surface area contributed by atoms with Crippen LogP contribution in [-0.2, 0) is 16.1 Å². The zero-order chi connectivity index (χ0) is 19.1. The summed E-state index contributed by atoms with van der Waals surface area (Å²) in [6.45, 7) is -0.455. The molecule has 0 aliphatic heterocycles. The van der Waals surface area contributed by atoms with E-state index in [0.29, 0.717) is 17.2 Å². The van der Waals surface area contributed by atoms with E-state index in [9.17, 15) is 9.59 Å². The number of hydrogen-bond donors (Lipinski definition) is 1. The van der Waals surface area contributed by atoms with Crippen LogP contribution in [0.1, 0.15) is 16.2 Å². The number of rotatable bonds is 7. The monoisotopic (exact) mass is 367 g/mol. The topological polar surface area (TPSA) is 104 Å². The molecule has 8 nitrogen and oxygen atoms in total. The average Bonchev–Trinajstić information content (AvgIpc) is 3.20. The van der Waals surface area contributed by atoms with E-state index < -0.39 is 11.9 Å². The highest BCUT2D eigenvalue weighted by atomic mass is 16.5. The van der Waals surface area contributed by atoms with E-state index in [1.54, 1.807) is 24.3 Å². The first kappa shape index (κ1) is 18.1. The first-order chi connectivity index (χ1) is 13.2. The average molecular weight is 367 g/mol. The van der Waals surface area contributed by atoms with Crippen LogP contribution in [0.2, 0.25) is 0 Å². The summed E-state index contributed by atoms with van der Waals surface area (Å²) in [5, 5.41) is 10.2. The van der Waals surface area contributed by atoms with Crippen molar-refractivity contribution in [3.05, 3.63) is 66.1 Å². The van der Waals surface area contributed by atoms with Crippen molar-refractivity contribution < 1.29 is 23.5 Å². The molecule has 1 amide bonds. The van der Waals surface area contributed by atoms with E-state index in [2.05, 4.69) is 15.5 Å². The molecule has 3 aromatic rings. The van der Waals surface area contributed by atoms with Gasteiger partial charge in [-0.15, -0.1) is 10.2 Å². The van der Waals surface area contributed by atoms with Gasteiger partial charge in [0.15, 0.2) is 6.61 Å². The second-order valence-electron chi connectivity index (χ2n) is 5.44. The quantitative estimate of drug-likeness (QED) is 0.639. The lowest BCUT2D eigenvalue weighted by atomic mass is 10.2. The van der Waals surface area contributed by atoms with Crippen molar-refractivity contribution in [2.24, 2.45) is 0 Å². The first-order valence-corrected chi connectivity index (χ1v) is 8.11. The largest absolute Gasteiger partial charge is 0.497 e. The van der Waals surface area contributed by atoms with Crippen molar-refractivity contribution in [2.75, 3.05) is 13.7 Å². The van der Waals surface area contributed by atoms with E-state index in [4.69, 9.17) is 13.9 Å². The van der Waals surface area contributed by atoms with Crippen molar-refractivity contribution in [3.63, 3.8) is 0 Å². The molecule has 1 N–H and O–H groups in total. The Morgan fingerprint density at radius 3 is 2.67 bits per heavy atom. The molecular formula is C19H17N3O5. The zero-order valence-electron chi connectivity index (χ0n) is 14.5. The second-order valence-corrected chi connectivity index (χ2v) is 5.44. The Morgan fingerprint density at radius 2 is 1.89 bits per heavy atom. The molecule has 8 heteroatoms. The summed E-state index contributed by atoms with van der Waals surface area (Å²) in [4.78, 5) is 23.8. The number of aromatic nitrogens is 2. The predicted molar refractivity (Wildman–Crippen MR) is 94.9 cm³/mol. The lowest BCUT2D eigenvalue weighted by molar-refractivity contribution is -0.144. The Bertz CT molecular complexity index is 924. The van der Waals surface area contributed by atoms with Crippen LogP contribution in [0.5, 0.6) is 5.75 Å². The maximum absolute atomic E-state index is 12.0. The summed E-state index contributed by atoms with van der Waals surface area (Å²) in [5.74, 6) is 0.0332. The van der Waals surface area contributed by atoms with Crippen LogP contribution in [0.15, 0.2) is 59.0 Å². The van der Waals surface area contributed by atoms with Crippen molar-refractivity contribution in [1.82, 2.24) is 15.5 Å². The number of nitrogens with one attached hydrogen (secondary N) is 1. The number of carbonyl (C=O) groups excluding carboxylic acids is 2. The molecule has 0 bridgehead atoms. The minimum absolute atomic E-state index is 0.168. The summed E-state index contributed by atoms with van der Waals surface area (Å²) in [6, 6.07) is 15.8. The first-order valence-electron chi connectivity index (χ1n) is 8.11. The Hall–Kier alpha value is -3.68. The molecule has 1 aromatic heterocycles. The number of methoxy groups -OCH3 is 1. The van der Waals surface area contributed by atoms with Crippen LogP contribution in [0, 0.1) is 0 Å². The highest BCUT2D eigenvalue weighted by Crippen LogP contribution is 2.17. The summed E-state index contributed by atoms with van der Waals surface area (Å²) in [6.07, 6.45) is 0. The van der Waals surface area contributed by atoms with Gasteiger partial charge in [-0.1, -0.05) is 24.3 Å². The van der Waals surface area contributed by atoms with E-state index in [1.807, 2.05) is 30.3 Å². The molecule has 138 valence electrons. The standard InChI is InChI=1S/C19H17N3O5/c1-25-15-9-5-8-14(10-15)18(24)20-11-17(23)26-12-16-21-22-19(27-16)13-6-3-2-4-7-13/h2-10H,11-12H2,1H3,(H,20,24). The lowest BCUT2D eigenvalue weighted by Crippen LogP contribution is -2.30. The van der Waals surface area contributed by atoms with Gasteiger partial charge >= 0.3 is 5.97 Å². The van der Waals surface area contributed by atoms with Crippen molar-refractivity contribution >= 4 is 11.9 Å². The van der Waals surface area contributed by atoms with Gasteiger partial charge in [-0.3, -0.25) is 9.59 Å². The molecule has 0 saturated heterocycles. The number of carbonyl (C=O) groups is 2. The summed E-state index contributed by atoms with van der Waals surface area (Å²) >= 11 is 0. The van der Waals surface area contributed by atoms with E-state index in [1.165, 1.54) is 7.11 Å². The van der Waals surface area contributed by atoms with Crippen molar-refractivity contribution in [1.29, 1.82) is 0 Å². The maximum atomic E-state index is 12.0. The van der Waals surface area contributed by atoms with Crippen LogP contribution in [0.3, 0.4) is 0 Å². The number of ether oxygens (including phenoxy) is 2. The molecule has 1 heterocycles. The third-order valence-electron chi connectivity index (χ3n) is 3.57. The van der Waals surface area contributed by atoms with E-state index >= 15 is 0 Å².